The number of anilines is 1. The molecule has 20 heavy (non-hydrogen) atoms. The van der Waals surface area contributed by atoms with Crippen LogP contribution in [0.15, 0.2) is 5.51 Å². The fourth-order valence-corrected chi connectivity index (χ4v) is 4.74. The summed E-state index contributed by atoms with van der Waals surface area (Å²) in [5, 5.41) is 9.37. The second kappa shape index (κ2) is 5.58. The summed E-state index contributed by atoms with van der Waals surface area (Å²) in [6.45, 7) is 5.60. The Hall–Kier alpha value is -0.720. The Morgan fingerprint density at radius 3 is 2.80 bits per heavy atom. The van der Waals surface area contributed by atoms with Gasteiger partial charge < -0.3 is 9.64 Å². The maximum absolute atomic E-state index is 5.48. The van der Waals surface area contributed by atoms with E-state index >= 15 is 0 Å². The Kier molecular flexibility index (Phi) is 3.62. The van der Waals surface area contributed by atoms with Crippen molar-refractivity contribution >= 4 is 16.5 Å². The average molecular weight is 294 g/mol. The van der Waals surface area contributed by atoms with Crippen LogP contribution >= 0.6 is 11.3 Å². The monoisotopic (exact) mass is 294 g/mol. The van der Waals surface area contributed by atoms with Crippen LogP contribution in [-0.4, -0.2) is 60.0 Å². The zero-order valence-corrected chi connectivity index (χ0v) is 12.6. The Bertz CT molecular complexity index is 434. The number of ether oxygens (including phenoxy) is 1. The van der Waals surface area contributed by atoms with Gasteiger partial charge in [-0.2, -0.15) is 0 Å². The van der Waals surface area contributed by atoms with E-state index in [0.29, 0.717) is 6.04 Å². The molecule has 5 nitrogen and oxygen atoms in total. The molecule has 110 valence electrons. The maximum Gasteiger partial charge on any atom is 0.208 e. The van der Waals surface area contributed by atoms with Gasteiger partial charge in [-0.1, -0.05) is 11.3 Å². The lowest BCUT2D eigenvalue weighted by Crippen LogP contribution is -2.39. The molecule has 6 heteroatoms. The summed E-state index contributed by atoms with van der Waals surface area (Å²) < 4.78 is 5.48. The van der Waals surface area contributed by atoms with Gasteiger partial charge in [0.05, 0.1) is 0 Å². The van der Waals surface area contributed by atoms with E-state index < -0.39 is 0 Å². The van der Waals surface area contributed by atoms with Crippen LogP contribution < -0.4 is 4.90 Å². The van der Waals surface area contributed by atoms with Crippen molar-refractivity contribution in [3.8, 4) is 0 Å². The lowest BCUT2D eigenvalue weighted by Gasteiger charge is -2.30. The van der Waals surface area contributed by atoms with Gasteiger partial charge in [0, 0.05) is 44.9 Å². The van der Waals surface area contributed by atoms with Crippen LogP contribution in [0, 0.1) is 5.92 Å². The van der Waals surface area contributed by atoms with Crippen molar-refractivity contribution in [3.05, 3.63) is 5.51 Å². The van der Waals surface area contributed by atoms with Crippen molar-refractivity contribution in [1.29, 1.82) is 0 Å². The van der Waals surface area contributed by atoms with E-state index in [-0.39, 0.29) is 0 Å². The fourth-order valence-electron chi connectivity index (χ4n) is 4.09. The lowest BCUT2D eigenvalue weighted by molar-refractivity contribution is 0.0508. The second-order valence-electron chi connectivity index (χ2n) is 6.18. The summed E-state index contributed by atoms with van der Waals surface area (Å²) in [6, 6.07) is 1.41. The predicted molar refractivity (Wildman–Crippen MR) is 79.2 cm³/mol. The molecule has 0 radical (unpaired) electrons. The SMILES string of the molecule is c1nnc(N2CC[C@H]3[C@H]2CCN3CC2CCOCC2)s1. The third-order valence-electron chi connectivity index (χ3n) is 5.12. The predicted octanol–water partition coefficient (Wildman–Crippen LogP) is 1.62. The first kappa shape index (κ1) is 13.0. The average Bonchev–Trinajstić information content (AvgIpc) is 3.18. The number of aromatic nitrogens is 2. The van der Waals surface area contributed by atoms with Crippen molar-refractivity contribution in [1.82, 2.24) is 15.1 Å². The molecule has 3 saturated heterocycles. The summed E-state index contributed by atoms with van der Waals surface area (Å²) in [5.41, 5.74) is 1.84. The fraction of sp³-hybridized carbons (Fsp3) is 0.857. The summed E-state index contributed by atoms with van der Waals surface area (Å²) in [7, 11) is 0. The molecule has 0 N–H and O–H groups in total. The molecular formula is C14H22N4OS. The molecule has 0 bridgehead atoms. The van der Waals surface area contributed by atoms with Crippen molar-refractivity contribution in [2.45, 2.75) is 37.8 Å². The normalized spacial score (nSPS) is 31.9. The van der Waals surface area contributed by atoms with Crippen LogP contribution in [0.25, 0.3) is 0 Å². The minimum atomic E-state index is 0.669. The molecule has 4 heterocycles. The Morgan fingerprint density at radius 1 is 1.15 bits per heavy atom. The largest absolute Gasteiger partial charge is 0.381 e. The highest BCUT2D eigenvalue weighted by Crippen LogP contribution is 2.36. The van der Waals surface area contributed by atoms with E-state index in [1.807, 2.05) is 5.51 Å². The molecular weight excluding hydrogens is 272 g/mol. The van der Waals surface area contributed by atoms with E-state index in [9.17, 15) is 0 Å². The van der Waals surface area contributed by atoms with Gasteiger partial charge in [-0.15, -0.1) is 10.2 Å². The third-order valence-corrected chi connectivity index (χ3v) is 5.85. The standard InChI is InChI=1S/C14H22N4OS/c1-5-17(9-11-3-7-19-8-4-11)12-2-6-18(13(1)12)14-16-15-10-20-14/h10-13H,1-9H2/t12-,13+/m0/s1. The first-order chi connectivity index (χ1) is 9.92. The molecule has 0 amide bonds. The van der Waals surface area contributed by atoms with Gasteiger partial charge in [-0.05, 0) is 31.6 Å². The number of fused-ring (bicyclic) bond motifs is 1. The molecule has 0 saturated carbocycles. The Labute approximate surface area is 123 Å². The zero-order chi connectivity index (χ0) is 13.4. The Balaban J connectivity index is 1.40. The summed E-state index contributed by atoms with van der Waals surface area (Å²) >= 11 is 1.67. The second-order valence-corrected chi connectivity index (χ2v) is 6.99. The molecule has 2 atom stereocenters. The van der Waals surface area contributed by atoms with E-state index in [2.05, 4.69) is 20.0 Å². The number of hydrogen-bond donors (Lipinski definition) is 0. The highest BCUT2D eigenvalue weighted by atomic mass is 32.1. The van der Waals surface area contributed by atoms with Crippen LogP contribution in [0.1, 0.15) is 25.7 Å². The quantitative estimate of drug-likeness (QED) is 0.847. The molecule has 3 aliphatic rings. The highest BCUT2D eigenvalue weighted by Gasteiger charge is 2.43. The molecule has 0 spiro atoms. The molecule has 1 aromatic rings. The zero-order valence-electron chi connectivity index (χ0n) is 11.8. The van der Waals surface area contributed by atoms with E-state index in [4.69, 9.17) is 4.74 Å². The molecule has 1 aromatic heterocycles. The number of nitrogens with zero attached hydrogens (tertiary/aromatic N) is 4. The van der Waals surface area contributed by atoms with Crippen LogP contribution in [-0.2, 0) is 4.74 Å². The van der Waals surface area contributed by atoms with Crippen molar-refractivity contribution < 1.29 is 4.74 Å². The van der Waals surface area contributed by atoms with Crippen LogP contribution in [0.2, 0.25) is 0 Å². The van der Waals surface area contributed by atoms with Crippen molar-refractivity contribution in [3.63, 3.8) is 0 Å². The van der Waals surface area contributed by atoms with Crippen LogP contribution in [0.5, 0.6) is 0 Å². The van der Waals surface area contributed by atoms with Gasteiger partial charge in [0.15, 0.2) is 0 Å². The number of likely N-dealkylation sites (tertiary alicyclic amines) is 1. The van der Waals surface area contributed by atoms with Crippen molar-refractivity contribution in [2.75, 3.05) is 37.7 Å². The van der Waals surface area contributed by atoms with Crippen LogP contribution in [0.3, 0.4) is 0 Å². The molecule has 0 unspecified atom stereocenters. The summed E-state index contributed by atoms with van der Waals surface area (Å²) in [5.74, 6) is 0.845. The Morgan fingerprint density at radius 2 is 2.00 bits per heavy atom. The first-order valence-corrected chi connectivity index (χ1v) is 8.64. The topological polar surface area (TPSA) is 41.5 Å². The van der Waals surface area contributed by atoms with Gasteiger partial charge >= 0.3 is 0 Å². The van der Waals surface area contributed by atoms with E-state index in [0.717, 1.165) is 36.8 Å². The molecule has 0 aliphatic carbocycles. The molecule has 3 fully saturated rings. The van der Waals surface area contributed by atoms with Gasteiger partial charge in [-0.3, -0.25) is 4.90 Å². The van der Waals surface area contributed by atoms with Gasteiger partial charge in [0.2, 0.25) is 5.13 Å². The minimum absolute atomic E-state index is 0.669. The molecule has 0 aromatic carbocycles. The highest BCUT2D eigenvalue weighted by molar-refractivity contribution is 7.13. The van der Waals surface area contributed by atoms with E-state index in [1.165, 1.54) is 38.8 Å². The first-order valence-electron chi connectivity index (χ1n) is 7.76. The van der Waals surface area contributed by atoms with E-state index in [1.54, 1.807) is 11.3 Å². The molecule has 3 aliphatic heterocycles. The number of hydrogen-bond acceptors (Lipinski definition) is 6. The van der Waals surface area contributed by atoms with Crippen molar-refractivity contribution in [2.24, 2.45) is 5.92 Å². The maximum atomic E-state index is 5.48. The number of rotatable bonds is 3. The summed E-state index contributed by atoms with van der Waals surface area (Å²) in [6.07, 6.45) is 5.06. The lowest BCUT2D eigenvalue weighted by atomic mass is 9.99. The third kappa shape index (κ3) is 2.34. The summed E-state index contributed by atoms with van der Waals surface area (Å²) in [4.78, 5) is 5.23. The van der Waals surface area contributed by atoms with Crippen LogP contribution in [0.4, 0.5) is 5.13 Å². The van der Waals surface area contributed by atoms with Gasteiger partial charge in [-0.25, -0.2) is 0 Å². The minimum Gasteiger partial charge on any atom is -0.381 e. The smallest absolute Gasteiger partial charge is 0.208 e. The van der Waals surface area contributed by atoms with Gasteiger partial charge in [0.1, 0.15) is 5.51 Å². The molecule has 4 rings (SSSR count). The van der Waals surface area contributed by atoms with Gasteiger partial charge in [0.25, 0.3) is 0 Å².